The maximum atomic E-state index is 12.6. The molecule has 0 N–H and O–H groups in total. The van der Waals surface area contributed by atoms with Gasteiger partial charge in [0.05, 0.1) is 26.8 Å². The van der Waals surface area contributed by atoms with E-state index < -0.39 is 5.97 Å². The number of ether oxygens (including phenoxy) is 4. The number of halogens is 1. The molecule has 1 aromatic heterocycles. The molecule has 0 fully saturated rings. The average Bonchev–Trinajstić information content (AvgIpc) is 2.70. The van der Waals surface area contributed by atoms with Gasteiger partial charge in [-0.3, -0.25) is 0 Å². The fourth-order valence-corrected chi connectivity index (χ4v) is 2.92. The third kappa shape index (κ3) is 3.75. The van der Waals surface area contributed by atoms with Crippen LogP contribution < -0.4 is 14.2 Å². The fraction of sp³-hybridized carbons (Fsp3) is 0.200. The highest BCUT2D eigenvalue weighted by Gasteiger charge is 2.22. The number of benzene rings is 2. The molecule has 0 radical (unpaired) electrons. The second-order valence-corrected chi connectivity index (χ2v) is 5.95. The van der Waals surface area contributed by atoms with Crippen LogP contribution in [-0.4, -0.2) is 32.3 Å². The van der Waals surface area contributed by atoms with Gasteiger partial charge in [-0.1, -0.05) is 29.8 Å². The molecule has 27 heavy (non-hydrogen) atoms. The number of hydrogen-bond acceptors (Lipinski definition) is 6. The molecule has 7 heteroatoms. The largest absolute Gasteiger partial charge is 0.493 e. The van der Waals surface area contributed by atoms with Gasteiger partial charge in [0.2, 0.25) is 5.75 Å². The molecule has 1 heterocycles. The molecule has 0 bridgehead atoms. The molecule has 3 rings (SSSR count). The summed E-state index contributed by atoms with van der Waals surface area (Å²) in [6, 6.07) is 12.6. The van der Waals surface area contributed by atoms with Gasteiger partial charge in [-0.2, -0.15) is 0 Å². The van der Waals surface area contributed by atoms with Crippen molar-refractivity contribution < 1.29 is 23.7 Å². The Balaban J connectivity index is 1.85. The number of hydrogen-bond donors (Lipinski definition) is 0. The lowest BCUT2D eigenvalue weighted by Gasteiger charge is -2.15. The predicted molar refractivity (Wildman–Crippen MR) is 102 cm³/mol. The second-order valence-electron chi connectivity index (χ2n) is 5.59. The number of carbonyl (C=O) groups excluding carboxylic acids is 1. The highest BCUT2D eigenvalue weighted by Crippen LogP contribution is 2.40. The Bertz CT molecular complexity index is 990. The summed E-state index contributed by atoms with van der Waals surface area (Å²) in [5.74, 6) is 0.439. The Morgan fingerprint density at radius 2 is 1.74 bits per heavy atom. The van der Waals surface area contributed by atoms with E-state index in [1.54, 1.807) is 12.1 Å². The molecule has 140 valence electrons. The first-order valence-electron chi connectivity index (χ1n) is 8.09. The number of pyridine rings is 1. The van der Waals surface area contributed by atoms with E-state index in [2.05, 4.69) is 4.98 Å². The van der Waals surface area contributed by atoms with E-state index in [4.69, 9.17) is 30.5 Å². The maximum absolute atomic E-state index is 12.6. The van der Waals surface area contributed by atoms with Gasteiger partial charge >= 0.3 is 5.97 Å². The highest BCUT2D eigenvalue weighted by molar-refractivity contribution is 6.30. The van der Waals surface area contributed by atoms with Crippen LogP contribution in [0.4, 0.5) is 0 Å². The number of carbonyl (C=O) groups is 1. The molecule has 0 saturated heterocycles. The summed E-state index contributed by atoms with van der Waals surface area (Å²) in [5.41, 5.74) is 1.61. The lowest BCUT2D eigenvalue weighted by atomic mass is 10.1. The third-order valence-corrected chi connectivity index (χ3v) is 4.36. The molecule has 2 aromatic carbocycles. The zero-order valence-electron chi connectivity index (χ0n) is 15.1. The van der Waals surface area contributed by atoms with Crippen LogP contribution in [0.1, 0.15) is 15.9 Å². The smallest absolute Gasteiger partial charge is 0.342 e. The number of rotatable bonds is 6. The molecule has 0 aliphatic carbocycles. The number of aromatic nitrogens is 1. The first kappa shape index (κ1) is 18.8. The van der Waals surface area contributed by atoms with Crippen molar-refractivity contribution in [3.63, 3.8) is 0 Å². The van der Waals surface area contributed by atoms with Crippen molar-refractivity contribution >= 4 is 28.5 Å². The first-order chi connectivity index (χ1) is 13.1. The standard InChI is InChI=1S/C20H18ClNO5/c1-24-16-9-8-14(17(25-2)18(16)26-3)20(23)27-11-13-10-12-6-4-5-7-15(12)22-19(13)21/h4-10H,11H2,1-3H3. The van der Waals surface area contributed by atoms with Crippen LogP contribution in [-0.2, 0) is 11.3 Å². The van der Waals surface area contributed by atoms with Gasteiger partial charge < -0.3 is 18.9 Å². The zero-order valence-corrected chi connectivity index (χ0v) is 15.9. The van der Waals surface area contributed by atoms with Gasteiger partial charge in [0.1, 0.15) is 17.3 Å². The lowest BCUT2D eigenvalue weighted by molar-refractivity contribution is 0.0468. The van der Waals surface area contributed by atoms with Crippen LogP contribution in [0.3, 0.4) is 0 Å². The van der Waals surface area contributed by atoms with E-state index in [9.17, 15) is 4.79 Å². The fourth-order valence-electron chi connectivity index (χ4n) is 2.72. The van der Waals surface area contributed by atoms with Crippen LogP contribution in [0.25, 0.3) is 10.9 Å². The molecule has 0 aliphatic rings. The van der Waals surface area contributed by atoms with E-state index in [0.29, 0.717) is 22.2 Å². The van der Waals surface area contributed by atoms with Crippen LogP contribution in [0.5, 0.6) is 17.2 Å². The van der Waals surface area contributed by atoms with Crippen LogP contribution >= 0.6 is 11.6 Å². The molecule has 3 aromatic rings. The van der Waals surface area contributed by atoms with Crippen molar-refractivity contribution in [2.75, 3.05) is 21.3 Å². The number of para-hydroxylation sites is 1. The lowest BCUT2D eigenvalue weighted by Crippen LogP contribution is -2.09. The van der Waals surface area contributed by atoms with Crippen molar-refractivity contribution in [1.29, 1.82) is 0 Å². The zero-order chi connectivity index (χ0) is 19.4. The molecule has 6 nitrogen and oxygen atoms in total. The van der Waals surface area contributed by atoms with Crippen molar-refractivity contribution in [2.24, 2.45) is 0 Å². The number of nitrogens with zero attached hydrogens (tertiary/aromatic N) is 1. The van der Waals surface area contributed by atoms with E-state index in [1.807, 2.05) is 30.3 Å². The van der Waals surface area contributed by atoms with E-state index in [0.717, 1.165) is 10.9 Å². The summed E-state index contributed by atoms with van der Waals surface area (Å²) in [6.45, 7) is -0.0208. The van der Waals surface area contributed by atoms with E-state index >= 15 is 0 Å². The summed E-state index contributed by atoms with van der Waals surface area (Å²) in [5, 5.41) is 1.21. The number of methoxy groups -OCH3 is 3. The topological polar surface area (TPSA) is 66.9 Å². The Morgan fingerprint density at radius 1 is 1.00 bits per heavy atom. The van der Waals surface area contributed by atoms with Gasteiger partial charge in [-0.05, 0) is 24.3 Å². The summed E-state index contributed by atoms with van der Waals surface area (Å²) >= 11 is 6.21. The van der Waals surface area contributed by atoms with Crippen molar-refractivity contribution in [3.8, 4) is 17.2 Å². The van der Waals surface area contributed by atoms with Crippen molar-refractivity contribution in [3.05, 3.63) is 58.7 Å². The molecule has 0 amide bonds. The summed E-state index contributed by atoms with van der Waals surface area (Å²) in [6.07, 6.45) is 0. The Hall–Kier alpha value is -2.99. The summed E-state index contributed by atoms with van der Waals surface area (Å²) in [7, 11) is 4.41. The van der Waals surface area contributed by atoms with Gasteiger partial charge in [0, 0.05) is 10.9 Å². The molecule has 0 spiro atoms. The van der Waals surface area contributed by atoms with Crippen LogP contribution in [0, 0.1) is 0 Å². The first-order valence-corrected chi connectivity index (χ1v) is 8.47. The van der Waals surface area contributed by atoms with Crippen LogP contribution in [0.2, 0.25) is 5.15 Å². The maximum Gasteiger partial charge on any atom is 0.342 e. The Labute approximate surface area is 161 Å². The monoisotopic (exact) mass is 387 g/mol. The molecular formula is C20H18ClNO5. The Morgan fingerprint density at radius 3 is 2.44 bits per heavy atom. The SMILES string of the molecule is COc1ccc(C(=O)OCc2cc3ccccc3nc2Cl)c(OC)c1OC. The normalized spacial score (nSPS) is 10.5. The number of fused-ring (bicyclic) bond motifs is 1. The minimum absolute atomic E-state index is 0.0208. The van der Waals surface area contributed by atoms with Crippen molar-refractivity contribution in [2.45, 2.75) is 6.61 Å². The molecule has 0 unspecified atom stereocenters. The van der Waals surface area contributed by atoms with Gasteiger partial charge in [0.25, 0.3) is 0 Å². The predicted octanol–water partition coefficient (Wildman–Crippen LogP) is 4.27. The highest BCUT2D eigenvalue weighted by atomic mass is 35.5. The molecule has 0 aliphatic heterocycles. The minimum atomic E-state index is -0.572. The quantitative estimate of drug-likeness (QED) is 0.464. The molecular weight excluding hydrogens is 370 g/mol. The van der Waals surface area contributed by atoms with Gasteiger partial charge in [-0.25, -0.2) is 9.78 Å². The molecule has 0 atom stereocenters. The van der Waals surface area contributed by atoms with Crippen LogP contribution in [0.15, 0.2) is 42.5 Å². The van der Waals surface area contributed by atoms with E-state index in [-0.39, 0.29) is 17.9 Å². The number of esters is 1. The van der Waals surface area contributed by atoms with Crippen molar-refractivity contribution in [1.82, 2.24) is 4.98 Å². The average molecular weight is 388 g/mol. The van der Waals surface area contributed by atoms with E-state index in [1.165, 1.54) is 21.3 Å². The summed E-state index contributed by atoms with van der Waals surface area (Å²) in [4.78, 5) is 16.9. The minimum Gasteiger partial charge on any atom is -0.493 e. The second kappa shape index (κ2) is 8.14. The molecule has 0 saturated carbocycles. The summed E-state index contributed by atoms with van der Waals surface area (Å²) < 4.78 is 21.2. The third-order valence-electron chi connectivity index (χ3n) is 4.03. The van der Waals surface area contributed by atoms with Gasteiger partial charge in [-0.15, -0.1) is 0 Å². The Kier molecular flexibility index (Phi) is 5.66. The van der Waals surface area contributed by atoms with Gasteiger partial charge in [0.15, 0.2) is 11.5 Å².